The lowest BCUT2D eigenvalue weighted by Gasteiger charge is -2.26. The summed E-state index contributed by atoms with van der Waals surface area (Å²) in [7, 11) is 0. The molecule has 1 fully saturated rings. The second-order valence-corrected chi connectivity index (χ2v) is 7.88. The van der Waals surface area contributed by atoms with E-state index in [9.17, 15) is 4.79 Å². The topological polar surface area (TPSA) is 85.0 Å². The lowest BCUT2D eigenvalue weighted by Crippen LogP contribution is -2.32. The van der Waals surface area contributed by atoms with Gasteiger partial charge in [0.2, 0.25) is 0 Å². The van der Waals surface area contributed by atoms with E-state index in [0.717, 1.165) is 53.9 Å². The van der Waals surface area contributed by atoms with Crippen molar-refractivity contribution in [2.24, 2.45) is 0 Å². The van der Waals surface area contributed by atoms with Gasteiger partial charge in [0.1, 0.15) is 17.1 Å². The maximum Gasteiger partial charge on any atom is 0.259 e. The highest BCUT2D eigenvalue weighted by molar-refractivity contribution is 5.96. The van der Waals surface area contributed by atoms with Gasteiger partial charge in [-0.1, -0.05) is 12.1 Å². The Balaban J connectivity index is 1.80. The third kappa shape index (κ3) is 3.60. The molecule has 7 heteroatoms. The van der Waals surface area contributed by atoms with Crippen molar-refractivity contribution in [1.82, 2.24) is 25.0 Å². The molecule has 3 aromatic heterocycles. The lowest BCUT2D eigenvalue weighted by atomic mass is 9.97. The van der Waals surface area contributed by atoms with Crippen molar-refractivity contribution in [3.8, 4) is 11.1 Å². The highest BCUT2D eigenvalue weighted by Gasteiger charge is 2.36. The zero-order valence-electron chi connectivity index (χ0n) is 18.0. The summed E-state index contributed by atoms with van der Waals surface area (Å²) in [4.78, 5) is 29.1. The lowest BCUT2D eigenvalue weighted by molar-refractivity contribution is 0.0730. The molecular weight excluding hydrogens is 378 g/mol. The van der Waals surface area contributed by atoms with E-state index >= 15 is 0 Å². The summed E-state index contributed by atoms with van der Waals surface area (Å²) in [6.45, 7) is 8.44. The van der Waals surface area contributed by atoms with Crippen molar-refractivity contribution in [1.29, 1.82) is 0 Å². The average molecular weight is 406 g/mol. The molecule has 0 bridgehead atoms. The maximum absolute atomic E-state index is 13.4. The summed E-state index contributed by atoms with van der Waals surface area (Å²) in [5.74, 6) is 1.34. The molecule has 0 aromatic carbocycles. The maximum atomic E-state index is 13.4. The second-order valence-electron chi connectivity index (χ2n) is 7.88. The van der Waals surface area contributed by atoms with Crippen molar-refractivity contribution >= 4 is 5.91 Å². The SMILES string of the molecule is CCCc1ncc(-c2ccncc2C)c([C@H]2CCCN2C(=O)c2c(C)noc2C)n1. The Kier molecular flexibility index (Phi) is 5.61. The number of carbonyl (C=O) groups is 1. The van der Waals surface area contributed by atoms with Crippen LogP contribution >= 0.6 is 0 Å². The summed E-state index contributed by atoms with van der Waals surface area (Å²) in [5.41, 5.74) is 5.19. The Morgan fingerprint density at radius 3 is 2.77 bits per heavy atom. The molecule has 1 atom stereocenters. The largest absolute Gasteiger partial charge is 0.361 e. The molecule has 30 heavy (non-hydrogen) atoms. The number of likely N-dealkylation sites (tertiary alicyclic amines) is 1. The second kappa shape index (κ2) is 8.34. The fraction of sp³-hybridized carbons (Fsp3) is 0.435. The van der Waals surface area contributed by atoms with Crippen molar-refractivity contribution in [3.05, 3.63) is 58.8 Å². The summed E-state index contributed by atoms with van der Waals surface area (Å²) in [6.07, 6.45) is 9.13. The molecule has 0 aliphatic carbocycles. The highest BCUT2D eigenvalue weighted by atomic mass is 16.5. The van der Waals surface area contributed by atoms with Crippen molar-refractivity contribution in [2.75, 3.05) is 6.54 Å². The third-order valence-electron chi connectivity index (χ3n) is 5.73. The van der Waals surface area contributed by atoms with Crippen LogP contribution in [0.15, 0.2) is 29.2 Å². The zero-order chi connectivity index (χ0) is 21.3. The highest BCUT2D eigenvalue weighted by Crippen LogP contribution is 2.38. The molecule has 4 heterocycles. The van der Waals surface area contributed by atoms with Crippen molar-refractivity contribution < 1.29 is 9.32 Å². The Morgan fingerprint density at radius 2 is 2.07 bits per heavy atom. The van der Waals surface area contributed by atoms with Gasteiger partial charge in [-0.15, -0.1) is 0 Å². The fourth-order valence-electron chi connectivity index (χ4n) is 4.24. The molecular formula is C23H27N5O2. The van der Waals surface area contributed by atoms with Crippen LogP contribution in [-0.4, -0.2) is 37.5 Å². The predicted octanol–water partition coefficient (Wildman–Crippen LogP) is 4.38. The molecule has 0 spiro atoms. The molecule has 156 valence electrons. The number of hydrogen-bond donors (Lipinski definition) is 0. The smallest absolute Gasteiger partial charge is 0.259 e. The molecule has 3 aromatic rings. The molecule has 1 aliphatic heterocycles. The fourth-order valence-corrected chi connectivity index (χ4v) is 4.24. The standard InChI is InChI=1S/C23H27N5O2/c1-5-7-20-25-13-18(17-9-10-24-12-14(17)2)22(26-20)19-8-6-11-28(19)23(29)21-15(3)27-30-16(21)4/h9-10,12-13,19H,5-8,11H2,1-4H3/t19-/m1/s1. The predicted molar refractivity (Wildman–Crippen MR) is 113 cm³/mol. The monoisotopic (exact) mass is 405 g/mol. The first-order valence-corrected chi connectivity index (χ1v) is 10.5. The molecule has 7 nitrogen and oxygen atoms in total. The zero-order valence-corrected chi connectivity index (χ0v) is 18.0. The number of amides is 1. The number of aryl methyl sites for hydroxylation is 4. The quantitative estimate of drug-likeness (QED) is 0.626. The first-order chi connectivity index (χ1) is 14.5. The minimum Gasteiger partial charge on any atom is -0.361 e. The van der Waals surface area contributed by atoms with E-state index in [4.69, 9.17) is 9.51 Å². The molecule has 4 rings (SSSR count). The van der Waals surface area contributed by atoms with Crippen LogP contribution in [0.3, 0.4) is 0 Å². The molecule has 0 N–H and O–H groups in total. The van der Waals surface area contributed by atoms with Crippen LogP contribution in [0.4, 0.5) is 0 Å². The normalized spacial score (nSPS) is 16.3. The van der Waals surface area contributed by atoms with Crippen LogP contribution in [-0.2, 0) is 6.42 Å². The summed E-state index contributed by atoms with van der Waals surface area (Å²) in [6, 6.07) is 1.89. The van der Waals surface area contributed by atoms with Crippen LogP contribution in [0, 0.1) is 20.8 Å². The summed E-state index contributed by atoms with van der Waals surface area (Å²) >= 11 is 0. The van der Waals surface area contributed by atoms with Gasteiger partial charge in [-0.3, -0.25) is 9.78 Å². The van der Waals surface area contributed by atoms with Crippen LogP contribution in [0.2, 0.25) is 0 Å². The number of hydrogen-bond acceptors (Lipinski definition) is 6. The Labute approximate surface area is 176 Å². The van der Waals surface area contributed by atoms with E-state index in [-0.39, 0.29) is 11.9 Å². The van der Waals surface area contributed by atoms with Gasteiger partial charge in [-0.2, -0.15) is 0 Å². The van der Waals surface area contributed by atoms with Gasteiger partial charge in [0, 0.05) is 37.1 Å². The van der Waals surface area contributed by atoms with E-state index in [1.807, 2.05) is 37.2 Å². The van der Waals surface area contributed by atoms with Gasteiger partial charge in [0.15, 0.2) is 0 Å². The van der Waals surface area contributed by atoms with E-state index < -0.39 is 0 Å². The number of nitrogens with zero attached hydrogens (tertiary/aromatic N) is 5. The molecule has 1 saturated heterocycles. The van der Waals surface area contributed by atoms with Gasteiger partial charge in [0.25, 0.3) is 5.91 Å². The Bertz CT molecular complexity index is 1060. The minimum atomic E-state index is -0.104. The Morgan fingerprint density at radius 1 is 1.23 bits per heavy atom. The molecule has 0 radical (unpaired) electrons. The van der Waals surface area contributed by atoms with Gasteiger partial charge in [0.05, 0.1) is 17.4 Å². The van der Waals surface area contributed by atoms with E-state index in [2.05, 4.69) is 22.0 Å². The number of rotatable bonds is 5. The van der Waals surface area contributed by atoms with Crippen LogP contribution < -0.4 is 0 Å². The molecule has 1 aliphatic rings. The first-order valence-electron chi connectivity index (χ1n) is 10.5. The van der Waals surface area contributed by atoms with Crippen molar-refractivity contribution in [3.63, 3.8) is 0 Å². The third-order valence-corrected chi connectivity index (χ3v) is 5.73. The average Bonchev–Trinajstić information content (AvgIpc) is 3.35. The number of pyridine rings is 1. The Hall–Kier alpha value is -3.09. The van der Waals surface area contributed by atoms with Gasteiger partial charge >= 0.3 is 0 Å². The summed E-state index contributed by atoms with van der Waals surface area (Å²) < 4.78 is 5.25. The molecule has 0 unspecified atom stereocenters. The number of aromatic nitrogens is 4. The van der Waals surface area contributed by atoms with Gasteiger partial charge < -0.3 is 9.42 Å². The molecule has 1 amide bonds. The number of carbonyl (C=O) groups excluding carboxylic acids is 1. The van der Waals surface area contributed by atoms with E-state index in [1.54, 1.807) is 13.1 Å². The first kappa shape index (κ1) is 20.2. The van der Waals surface area contributed by atoms with Crippen LogP contribution in [0.25, 0.3) is 11.1 Å². The van der Waals surface area contributed by atoms with E-state index in [0.29, 0.717) is 23.6 Å². The molecule has 0 saturated carbocycles. The van der Waals surface area contributed by atoms with Crippen LogP contribution in [0.1, 0.15) is 71.1 Å². The van der Waals surface area contributed by atoms with Gasteiger partial charge in [-0.25, -0.2) is 9.97 Å². The van der Waals surface area contributed by atoms with E-state index in [1.165, 1.54) is 0 Å². The van der Waals surface area contributed by atoms with Crippen molar-refractivity contribution in [2.45, 2.75) is 59.4 Å². The summed E-state index contributed by atoms with van der Waals surface area (Å²) in [5, 5.41) is 3.97. The van der Waals surface area contributed by atoms with Gasteiger partial charge in [-0.05, 0) is 57.2 Å². The van der Waals surface area contributed by atoms with Crippen LogP contribution in [0.5, 0.6) is 0 Å². The minimum absolute atomic E-state index is 0.0400.